The summed E-state index contributed by atoms with van der Waals surface area (Å²) in [6.07, 6.45) is 2.50. The Morgan fingerprint density at radius 2 is 2.05 bits per heavy atom. The zero-order chi connectivity index (χ0) is 13.8. The molecular weight excluding hydrogens is 236 g/mol. The minimum absolute atomic E-state index is 0.577. The molecule has 0 unspecified atom stereocenters. The largest absolute Gasteiger partial charge is 0.383 e. The van der Waals surface area contributed by atoms with E-state index in [9.17, 15) is 5.26 Å². The number of nitriles is 1. The Morgan fingerprint density at radius 1 is 1.32 bits per heavy atom. The van der Waals surface area contributed by atoms with Gasteiger partial charge in [0.2, 0.25) is 0 Å². The van der Waals surface area contributed by atoms with Crippen molar-refractivity contribution in [1.29, 1.82) is 5.26 Å². The number of nitrogens with two attached hydrogens (primary N) is 1. The Balaban J connectivity index is 2.56. The minimum atomic E-state index is 0.577. The first-order valence-electron chi connectivity index (χ1n) is 6.41. The molecule has 3 N–H and O–H groups in total. The average Bonchev–Trinajstić information content (AvgIpc) is 2.41. The fraction of sp³-hybridized carbons (Fsp3) is 0.333. The van der Waals surface area contributed by atoms with Crippen LogP contribution < -0.4 is 11.1 Å². The molecule has 0 aliphatic heterocycles. The minimum Gasteiger partial charge on any atom is -0.383 e. The third-order valence-electron chi connectivity index (χ3n) is 3.29. The maximum atomic E-state index is 9.20. The van der Waals surface area contributed by atoms with Gasteiger partial charge in [-0.3, -0.25) is 4.98 Å². The van der Waals surface area contributed by atoms with Crippen LogP contribution in [0.15, 0.2) is 18.3 Å². The molecule has 1 aromatic heterocycles. The van der Waals surface area contributed by atoms with Crippen LogP contribution in [-0.2, 0) is 0 Å². The number of hydrogen-bond acceptors (Lipinski definition) is 4. The fourth-order valence-electron chi connectivity index (χ4n) is 2.04. The van der Waals surface area contributed by atoms with Crippen LogP contribution in [0, 0.1) is 25.2 Å². The second-order valence-corrected chi connectivity index (χ2v) is 4.68. The van der Waals surface area contributed by atoms with E-state index in [0.29, 0.717) is 12.1 Å². The van der Waals surface area contributed by atoms with Gasteiger partial charge in [-0.2, -0.15) is 5.26 Å². The van der Waals surface area contributed by atoms with Gasteiger partial charge < -0.3 is 11.1 Å². The van der Waals surface area contributed by atoms with Gasteiger partial charge in [-0.05, 0) is 50.1 Å². The van der Waals surface area contributed by atoms with Gasteiger partial charge in [0, 0.05) is 18.1 Å². The summed E-state index contributed by atoms with van der Waals surface area (Å²) in [6, 6.07) is 6.33. The lowest BCUT2D eigenvalue weighted by molar-refractivity contribution is 0.875. The van der Waals surface area contributed by atoms with E-state index in [-0.39, 0.29) is 0 Å². The molecule has 4 nitrogen and oxygen atoms in total. The molecule has 19 heavy (non-hydrogen) atoms. The van der Waals surface area contributed by atoms with E-state index in [1.54, 1.807) is 6.20 Å². The number of anilines is 1. The van der Waals surface area contributed by atoms with Crippen LogP contribution in [0.3, 0.4) is 0 Å². The van der Waals surface area contributed by atoms with Gasteiger partial charge >= 0.3 is 0 Å². The van der Waals surface area contributed by atoms with Crippen LogP contribution >= 0.6 is 0 Å². The summed E-state index contributed by atoms with van der Waals surface area (Å²) < 4.78 is 0. The first kappa shape index (κ1) is 13.3. The lowest BCUT2D eigenvalue weighted by Crippen LogP contribution is -2.10. The highest BCUT2D eigenvalue weighted by Crippen LogP contribution is 2.27. The number of benzene rings is 1. The summed E-state index contributed by atoms with van der Waals surface area (Å²) in [5, 5.41) is 13.5. The molecule has 2 aromatic rings. The lowest BCUT2D eigenvalue weighted by Gasteiger charge is -2.12. The van der Waals surface area contributed by atoms with E-state index in [1.807, 2.05) is 0 Å². The number of hydrogen-bond donors (Lipinski definition) is 2. The highest BCUT2D eigenvalue weighted by atomic mass is 14.9. The summed E-state index contributed by atoms with van der Waals surface area (Å²) in [7, 11) is 0. The van der Waals surface area contributed by atoms with E-state index in [4.69, 9.17) is 5.73 Å². The Morgan fingerprint density at radius 3 is 2.74 bits per heavy atom. The van der Waals surface area contributed by atoms with E-state index < -0.39 is 0 Å². The predicted octanol–water partition coefficient (Wildman–Crippen LogP) is 2.48. The van der Waals surface area contributed by atoms with Crippen LogP contribution in [0.4, 0.5) is 5.69 Å². The van der Waals surface area contributed by atoms with Crippen molar-refractivity contribution < 1.29 is 0 Å². The number of pyridine rings is 1. The molecule has 1 aromatic carbocycles. The summed E-state index contributed by atoms with van der Waals surface area (Å²) in [5.41, 5.74) is 10.3. The number of aromatic nitrogens is 1. The fourth-order valence-corrected chi connectivity index (χ4v) is 2.04. The molecule has 0 radical (unpaired) electrons. The van der Waals surface area contributed by atoms with Crippen molar-refractivity contribution in [2.24, 2.45) is 5.73 Å². The Labute approximate surface area is 113 Å². The number of rotatable bonds is 4. The first-order chi connectivity index (χ1) is 9.17. The molecule has 0 amide bonds. The number of nitrogens with one attached hydrogen (secondary N) is 1. The van der Waals surface area contributed by atoms with Crippen LogP contribution in [0.5, 0.6) is 0 Å². The molecule has 0 aliphatic carbocycles. The first-order valence-corrected chi connectivity index (χ1v) is 6.41. The highest BCUT2D eigenvalue weighted by molar-refractivity contribution is 5.94. The normalized spacial score (nSPS) is 10.4. The quantitative estimate of drug-likeness (QED) is 0.822. The summed E-state index contributed by atoms with van der Waals surface area (Å²) in [4.78, 5) is 4.36. The highest BCUT2D eigenvalue weighted by Gasteiger charge is 2.09. The molecule has 0 saturated heterocycles. The third-order valence-corrected chi connectivity index (χ3v) is 3.29. The zero-order valence-corrected chi connectivity index (χ0v) is 11.3. The maximum absolute atomic E-state index is 9.20. The van der Waals surface area contributed by atoms with Crippen molar-refractivity contribution in [2.45, 2.75) is 20.3 Å². The molecule has 98 valence electrons. The topological polar surface area (TPSA) is 74.7 Å². The van der Waals surface area contributed by atoms with E-state index in [0.717, 1.165) is 29.6 Å². The molecule has 0 bridgehead atoms. The van der Waals surface area contributed by atoms with Gasteiger partial charge in [0.1, 0.15) is 6.07 Å². The standard InChI is InChI=1S/C15H18N4/c1-10-6-13-14(7-11(10)2)19-9-12(8-17)15(13)18-5-3-4-16/h6-7,9H,3-5,16H2,1-2H3,(H,18,19). The van der Waals surface area contributed by atoms with Gasteiger partial charge in [-0.25, -0.2) is 0 Å². The van der Waals surface area contributed by atoms with Gasteiger partial charge in [0.25, 0.3) is 0 Å². The Hall–Kier alpha value is -2.12. The van der Waals surface area contributed by atoms with Crippen molar-refractivity contribution in [3.8, 4) is 6.07 Å². The summed E-state index contributed by atoms with van der Waals surface area (Å²) in [5.74, 6) is 0. The number of nitrogens with zero attached hydrogens (tertiary/aromatic N) is 2. The lowest BCUT2D eigenvalue weighted by atomic mass is 10.0. The van der Waals surface area contributed by atoms with Crippen molar-refractivity contribution in [2.75, 3.05) is 18.4 Å². The van der Waals surface area contributed by atoms with Gasteiger partial charge in [-0.1, -0.05) is 0 Å². The molecular formula is C15H18N4. The van der Waals surface area contributed by atoms with E-state index >= 15 is 0 Å². The van der Waals surface area contributed by atoms with Crippen molar-refractivity contribution in [3.05, 3.63) is 35.0 Å². The number of fused-ring (bicyclic) bond motifs is 1. The van der Waals surface area contributed by atoms with Gasteiger partial charge in [0.15, 0.2) is 0 Å². The SMILES string of the molecule is Cc1cc2ncc(C#N)c(NCCCN)c2cc1C. The molecule has 2 rings (SSSR count). The predicted molar refractivity (Wildman–Crippen MR) is 78.1 cm³/mol. The van der Waals surface area contributed by atoms with Crippen molar-refractivity contribution in [1.82, 2.24) is 4.98 Å². The molecule has 0 spiro atoms. The van der Waals surface area contributed by atoms with Crippen LogP contribution in [0.25, 0.3) is 10.9 Å². The maximum Gasteiger partial charge on any atom is 0.103 e. The van der Waals surface area contributed by atoms with Gasteiger partial charge in [-0.15, -0.1) is 0 Å². The third kappa shape index (κ3) is 2.67. The molecule has 0 saturated carbocycles. The zero-order valence-electron chi connectivity index (χ0n) is 11.3. The van der Waals surface area contributed by atoms with Crippen molar-refractivity contribution in [3.63, 3.8) is 0 Å². The van der Waals surface area contributed by atoms with Crippen LogP contribution in [0.1, 0.15) is 23.1 Å². The molecule has 0 aliphatic rings. The molecule has 1 heterocycles. The van der Waals surface area contributed by atoms with Gasteiger partial charge in [0.05, 0.1) is 16.8 Å². The number of aryl methyl sites for hydroxylation is 2. The summed E-state index contributed by atoms with van der Waals surface area (Å²) >= 11 is 0. The molecule has 0 atom stereocenters. The Kier molecular flexibility index (Phi) is 3.98. The molecule has 4 heteroatoms. The Bertz CT molecular complexity index is 641. The molecule has 0 fully saturated rings. The van der Waals surface area contributed by atoms with Crippen LogP contribution in [0.2, 0.25) is 0 Å². The van der Waals surface area contributed by atoms with Crippen LogP contribution in [-0.4, -0.2) is 18.1 Å². The average molecular weight is 254 g/mol. The monoisotopic (exact) mass is 254 g/mol. The smallest absolute Gasteiger partial charge is 0.103 e. The second kappa shape index (κ2) is 5.68. The summed E-state index contributed by atoms with van der Waals surface area (Å²) in [6.45, 7) is 5.53. The second-order valence-electron chi connectivity index (χ2n) is 4.68. The van der Waals surface area contributed by atoms with Crippen molar-refractivity contribution >= 4 is 16.6 Å². The van der Waals surface area contributed by atoms with E-state index in [1.165, 1.54) is 11.1 Å². The van der Waals surface area contributed by atoms with E-state index in [2.05, 4.69) is 42.4 Å².